The molecule has 3 aliphatic rings. The van der Waals surface area contributed by atoms with Crippen molar-refractivity contribution >= 4 is 28.0 Å². The molecule has 9 rings (SSSR count). The van der Waals surface area contributed by atoms with Gasteiger partial charge in [0.1, 0.15) is 16.9 Å². The standard InChI is InChI=1S/C36H37N9O3/c1-36(37)25-7-9-30(36)43(20-25)35(47)24-12-27-32(29(14-24)48-2)44(18-22-15-40-45(19-22)26-8-10-31(46)39-16-26)34(41-27)28-13-23-4-3-11-38-33(23)42(28)17-21-5-6-21/h3-4,8,10-16,19,21,25,30H,5-7,9,17-18,20,37H2,1-2H3,(H,39,46)/t25?,30?,36-/m1/s1. The average Bonchev–Trinajstić information content (AvgIpc) is 3.34. The highest BCUT2D eigenvalue weighted by Crippen LogP contribution is 2.45. The number of hydrogen-bond acceptors (Lipinski definition) is 7. The molecule has 12 nitrogen and oxygen atoms in total. The monoisotopic (exact) mass is 643 g/mol. The SMILES string of the molecule is COc1cc(C(=O)N2CC3CCC2[C@]3(C)N)cc2nc(-c3cc4cccnc4n3CC3CC3)n(Cc3cnn(-c4ccc(=O)[nH]c4)c3)c12. The van der Waals surface area contributed by atoms with Crippen LogP contribution in [0.15, 0.2) is 72.0 Å². The minimum Gasteiger partial charge on any atom is -0.494 e. The van der Waals surface area contributed by atoms with Gasteiger partial charge in [0.15, 0.2) is 5.82 Å². The van der Waals surface area contributed by atoms with Crippen molar-refractivity contribution in [3.05, 3.63) is 88.7 Å². The van der Waals surface area contributed by atoms with Crippen LogP contribution in [0.25, 0.3) is 39.3 Å². The Hall–Kier alpha value is -5.23. The van der Waals surface area contributed by atoms with Crippen LogP contribution in [0, 0.1) is 11.8 Å². The molecular formula is C36H37N9O3. The van der Waals surface area contributed by atoms with Crippen molar-refractivity contribution in [3.8, 4) is 23.0 Å². The number of likely N-dealkylation sites (tertiary alicyclic amines) is 1. The number of nitrogens with zero attached hydrogens (tertiary/aromatic N) is 7. The summed E-state index contributed by atoms with van der Waals surface area (Å²) in [6.45, 7) is 4.05. The first kappa shape index (κ1) is 29.0. The number of hydrogen-bond donors (Lipinski definition) is 2. The quantitative estimate of drug-likeness (QED) is 0.251. The molecule has 48 heavy (non-hydrogen) atoms. The van der Waals surface area contributed by atoms with Crippen LogP contribution in [0.4, 0.5) is 0 Å². The summed E-state index contributed by atoms with van der Waals surface area (Å²) in [5, 5.41) is 5.64. The maximum atomic E-state index is 14.1. The number of carbonyl (C=O) groups excluding carboxylic acids is 1. The van der Waals surface area contributed by atoms with E-state index in [0.29, 0.717) is 41.8 Å². The lowest BCUT2D eigenvalue weighted by atomic mass is 9.92. The lowest BCUT2D eigenvalue weighted by Gasteiger charge is -2.29. The first-order valence-electron chi connectivity index (χ1n) is 16.6. The number of ether oxygens (including phenoxy) is 1. The highest BCUT2D eigenvalue weighted by atomic mass is 16.5. The second kappa shape index (κ2) is 10.6. The third-order valence-electron chi connectivity index (χ3n) is 10.7. The van der Waals surface area contributed by atoms with Gasteiger partial charge in [0, 0.05) is 59.8 Å². The third-order valence-corrected chi connectivity index (χ3v) is 10.7. The van der Waals surface area contributed by atoms with Gasteiger partial charge in [-0.1, -0.05) is 0 Å². The van der Waals surface area contributed by atoms with Crippen molar-refractivity contribution in [1.82, 2.24) is 38.8 Å². The van der Waals surface area contributed by atoms with Gasteiger partial charge in [0.25, 0.3) is 5.91 Å². The van der Waals surface area contributed by atoms with E-state index in [1.54, 1.807) is 24.1 Å². The smallest absolute Gasteiger partial charge is 0.254 e. The van der Waals surface area contributed by atoms with Crippen LogP contribution in [-0.4, -0.2) is 69.9 Å². The number of piperidine rings is 1. The van der Waals surface area contributed by atoms with E-state index in [1.165, 1.54) is 18.9 Å². The van der Waals surface area contributed by atoms with Crippen molar-refractivity contribution in [3.63, 3.8) is 0 Å². The van der Waals surface area contributed by atoms with E-state index < -0.39 is 0 Å². The number of imidazole rings is 1. The fourth-order valence-electron chi connectivity index (χ4n) is 7.97. The molecule has 2 unspecified atom stereocenters. The summed E-state index contributed by atoms with van der Waals surface area (Å²) >= 11 is 0. The third kappa shape index (κ3) is 4.57. The second-order valence-electron chi connectivity index (χ2n) is 13.9. The number of benzene rings is 1. The number of aromatic nitrogens is 7. The van der Waals surface area contributed by atoms with Crippen molar-refractivity contribution in [2.45, 2.75) is 57.3 Å². The molecule has 1 amide bonds. The molecule has 6 heterocycles. The number of carbonyl (C=O) groups is 1. The van der Waals surface area contributed by atoms with E-state index >= 15 is 0 Å². The van der Waals surface area contributed by atoms with Crippen molar-refractivity contribution in [1.29, 1.82) is 0 Å². The van der Waals surface area contributed by atoms with Crippen LogP contribution in [-0.2, 0) is 13.1 Å². The Morgan fingerprint density at radius 1 is 1.12 bits per heavy atom. The largest absolute Gasteiger partial charge is 0.494 e. The summed E-state index contributed by atoms with van der Waals surface area (Å²) in [5.74, 6) is 2.22. The number of rotatable bonds is 8. The van der Waals surface area contributed by atoms with Gasteiger partial charge < -0.3 is 29.5 Å². The van der Waals surface area contributed by atoms with Gasteiger partial charge in [-0.25, -0.2) is 14.6 Å². The highest BCUT2D eigenvalue weighted by Gasteiger charge is 2.54. The number of methoxy groups -OCH3 is 1. The summed E-state index contributed by atoms with van der Waals surface area (Å²) < 4.78 is 12.2. The lowest BCUT2D eigenvalue weighted by molar-refractivity contribution is 0.0691. The first-order valence-corrected chi connectivity index (χ1v) is 16.6. The number of nitrogens with one attached hydrogen (secondary N) is 1. The lowest BCUT2D eigenvalue weighted by Crippen LogP contribution is -2.49. The fourth-order valence-corrected chi connectivity index (χ4v) is 7.97. The summed E-state index contributed by atoms with van der Waals surface area (Å²) in [4.78, 5) is 40.4. The predicted molar refractivity (Wildman–Crippen MR) is 181 cm³/mol. The topological polar surface area (TPSA) is 142 Å². The predicted octanol–water partition coefficient (Wildman–Crippen LogP) is 4.35. The zero-order valence-corrected chi connectivity index (χ0v) is 27.0. The van der Waals surface area contributed by atoms with Crippen LogP contribution in [0.1, 0.15) is 48.5 Å². The molecule has 2 bridgehead atoms. The van der Waals surface area contributed by atoms with Gasteiger partial charge in [-0.3, -0.25) is 9.59 Å². The maximum absolute atomic E-state index is 14.1. The Morgan fingerprint density at radius 2 is 2.00 bits per heavy atom. The molecular weight excluding hydrogens is 606 g/mol. The summed E-state index contributed by atoms with van der Waals surface area (Å²) in [7, 11) is 1.64. The van der Waals surface area contributed by atoms with Gasteiger partial charge in [0.05, 0.1) is 42.8 Å². The fraction of sp³-hybridized carbons (Fsp3) is 0.361. The molecule has 5 aromatic heterocycles. The average molecular weight is 644 g/mol. The number of amides is 1. The van der Waals surface area contributed by atoms with Crippen molar-refractivity contribution in [2.75, 3.05) is 13.7 Å². The van der Waals surface area contributed by atoms with E-state index in [9.17, 15) is 9.59 Å². The van der Waals surface area contributed by atoms with Gasteiger partial charge in [-0.15, -0.1) is 0 Å². The zero-order valence-electron chi connectivity index (χ0n) is 27.0. The minimum atomic E-state index is -0.374. The molecule has 2 aliphatic carbocycles. The van der Waals surface area contributed by atoms with Crippen molar-refractivity contribution in [2.24, 2.45) is 17.6 Å². The number of nitrogens with two attached hydrogens (primary N) is 1. The Bertz CT molecular complexity index is 2270. The van der Waals surface area contributed by atoms with Gasteiger partial charge in [-0.05, 0) is 80.8 Å². The Morgan fingerprint density at radius 3 is 2.73 bits per heavy atom. The van der Waals surface area contributed by atoms with E-state index in [4.69, 9.17) is 20.4 Å². The van der Waals surface area contributed by atoms with Crippen LogP contribution >= 0.6 is 0 Å². The molecule has 1 saturated heterocycles. The van der Waals surface area contributed by atoms with E-state index in [2.05, 4.69) is 38.3 Å². The van der Waals surface area contributed by atoms with Gasteiger partial charge in [-0.2, -0.15) is 5.10 Å². The molecule has 3 fully saturated rings. The summed E-state index contributed by atoms with van der Waals surface area (Å²) in [5.41, 5.74) is 11.8. The molecule has 1 aliphatic heterocycles. The molecule has 6 aromatic rings. The van der Waals surface area contributed by atoms with E-state index in [1.807, 2.05) is 41.7 Å². The first-order chi connectivity index (χ1) is 23.3. The molecule has 0 radical (unpaired) electrons. The molecule has 0 spiro atoms. The number of aromatic amines is 1. The Kier molecular flexibility index (Phi) is 6.42. The number of H-pyrrole nitrogens is 1. The Balaban J connectivity index is 1.20. The van der Waals surface area contributed by atoms with Crippen LogP contribution in [0.2, 0.25) is 0 Å². The minimum absolute atomic E-state index is 0.0226. The highest BCUT2D eigenvalue weighted by molar-refractivity contribution is 6.00. The van der Waals surface area contributed by atoms with Crippen LogP contribution < -0.4 is 16.0 Å². The molecule has 2 saturated carbocycles. The van der Waals surface area contributed by atoms with E-state index in [0.717, 1.165) is 58.7 Å². The molecule has 3 atom stereocenters. The van der Waals surface area contributed by atoms with Crippen LogP contribution in [0.3, 0.4) is 0 Å². The molecule has 1 aromatic carbocycles. The van der Waals surface area contributed by atoms with Gasteiger partial charge >= 0.3 is 0 Å². The summed E-state index contributed by atoms with van der Waals surface area (Å²) in [6, 6.07) is 13.2. The number of fused-ring (bicyclic) bond motifs is 4. The second-order valence-corrected chi connectivity index (χ2v) is 13.9. The molecule has 3 N–H and O–H groups in total. The van der Waals surface area contributed by atoms with Crippen molar-refractivity contribution < 1.29 is 9.53 Å². The van der Waals surface area contributed by atoms with Crippen LogP contribution in [0.5, 0.6) is 5.75 Å². The normalized spacial score (nSPS) is 21.9. The van der Waals surface area contributed by atoms with E-state index in [-0.39, 0.29) is 23.0 Å². The maximum Gasteiger partial charge on any atom is 0.254 e. The number of pyridine rings is 2. The summed E-state index contributed by atoms with van der Waals surface area (Å²) in [6.07, 6.45) is 11.6. The van der Waals surface area contributed by atoms with Gasteiger partial charge in [0.2, 0.25) is 5.56 Å². The Labute approximate surface area is 276 Å². The zero-order chi connectivity index (χ0) is 32.7. The molecule has 12 heteroatoms. The molecule has 244 valence electrons.